The first-order chi connectivity index (χ1) is 7.38. The fourth-order valence-electron chi connectivity index (χ4n) is 2.46. The molecule has 0 aromatic rings. The Morgan fingerprint density at radius 3 is 1.29 bits per heavy atom. The fourth-order valence-corrected chi connectivity index (χ4v) is 2.46. The molecule has 2 nitrogen and oxygen atoms in total. The first kappa shape index (κ1) is 15.0. The van der Waals surface area contributed by atoms with Gasteiger partial charge in [0.1, 0.15) is 0 Å². The highest BCUT2D eigenvalue weighted by molar-refractivity contribution is 4.87. The van der Waals surface area contributed by atoms with Crippen molar-refractivity contribution in [2.24, 2.45) is 10.8 Å². The average Bonchev–Trinajstić information content (AvgIpc) is 2.17. The van der Waals surface area contributed by atoms with Crippen molar-refractivity contribution in [2.75, 3.05) is 0 Å². The van der Waals surface area contributed by atoms with Crippen molar-refractivity contribution in [3.63, 3.8) is 0 Å². The van der Waals surface area contributed by atoms with Crippen LogP contribution in [0, 0.1) is 10.8 Å². The lowest BCUT2D eigenvalue weighted by atomic mass is 9.82. The molecule has 1 aliphatic rings. The molecule has 0 spiro atoms. The SMILES string of the molecule is CC(C)(C)C[C@H]1OC(C)(C)O[C@@H]1CC(C)(C)C. The monoisotopic (exact) mass is 242 g/mol. The molecule has 0 unspecified atom stereocenters. The Morgan fingerprint density at radius 1 is 0.765 bits per heavy atom. The largest absolute Gasteiger partial charge is 0.345 e. The Bertz CT molecular complexity index is 229. The first-order valence-corrected chi connectivity index (χ1v) is 6.74. The molecule has 0 bridgehead atoms. The van der Waals surface area contributed by atoms with Gasteiger partial charge in [0.25, 0.3) is 0 Å². The summed E-state index contributed by atoms with van der Waals surface area (Å²) < 4.78 is 12.1. The molecule has 1 heterocycles. The summed E-state index contributed by atoms with van der Waals surface area (Å²) in [4.78, 5) is 0. The van der Waals surface area contributed by atoms with Crippen molar-refractivity contribution >= 4 is 0 Å². The third-order valence-corrected chi connectivity index (χ3v) is 2.91. The number of ether oxygens (including phenoxy) is 2. The minimum Gasteiger partial charge on any atom is -0.345 e. The summed E-state index contributed by atoms with van der Waals surface area (Å²) in [5.41, 5.74) is 0.565. The fraction of sp³-hybridized carbons (Fsp3) is 1.00. The third-order valence-electron chi connectivity index (χ3n) is 2.91. The van der Waals surface area contributed by atoms with Gasteiger partial charge in [-0.05, 0) is 37.5 Å². The van der Waals surface area contributed by atoms with Crippen LogP contribution in [0.1, 0.15) is 68.2 Å². The Balaban J connectivity index is 2.72. The zero-order valence-corrected chi connectivity index (χ0v) is 12.9. The van der Waals surface area contributed by atoms with Crippen LogP contribution >= 0.6 is 0 Å². The minimum atomic E-state index is -0.425. The number of hydrogen-bond donors (Lipinski definition) is 0. The van der Waals surface area contributed by atoms with E-state index < -0.39 is 5.79 Å². The molecule has 1 saturated heterocycles. The summed E-state index contributed by atoms with van der Waals surface area (Å²) in [7, 11) is 0. The van der Waals surface area contributed by atoms with Gasteiger partial charge in [0, 0.05) is 0 Å². The van der Waals surface area contributed by atoms with Crippen molar-refractivity contribution in [1.29, 1.82) is 0 Å². The van der Waals surface area contributed by atoms with Crippen LogP contribution in [0.15, 0.2) is 0 Å². The molecule has 1 rings (SSSR count). The zero-order chi connectivity index (χ0) is 13.5. The van der Waals surface area contributed by atoms with Gasteiger partial charge >= 0.3 is 0 Å². The summed E-state index contributed by atoms with van der Waals surface area (Å²) in [5, 5.41) is 0. The van der Waals surface area contributed by atoms with Crippen LogP contribution < -0.4 is 0 Å². The van der Waals surface area contributed by atoms with Crippen molar-refractivity contribution in [3.05, 3.63) is 0 Å². The second-order valence-corrected chi connectivity index (χ2v) is 8.24. The summed E-state index contributed by atoms with van der Waals surface area (Å²) >= 11 is 0. The van der Waals surface area contributed by atoms with Gasteiger partial charge in [0.05, 0.1) is 12.2 Å². The summed E-state index contributed by atoms with van der Waals surface area (Å²) in [6.07, 6.45) is 2.56. The predicted molar refractivity (Wildman–Crippen MR) is 72.0 cm³/mol. The molecule has 0 aliphatic carbocycles. The average molecular weight is 242 g/mol. The molecule has 102 valence electrons. The van der Waals surface area contributed by atoms with E-state index in [4.69, 9.17) is 9.47 Å². The van der Waals surface area contributed by atoms with Crippen LogP contribution in [0.25, 0.3) is 0 Å². The molecule has 0 amide bonds. The van der Waals surface area contributed by atoms with Crippen LogP contribution in [0.5, 0.6) is 0 Å². The van der Waals surface area contributed by atoms with Gasteiger partial charge in [-0.2, -0.15) is 0 Å². The highest BCUT2D eigenvalue weighted by Crippen LogP contribution is 2.39. The second kappa shape index (κ2) is 4.55. The smallest absolute Gasteiger partial charge is 0.163 e. The number of hydrogen-bond acceptors (Lipinski definition) is 2. The Hall–Kier alpha value is -0.0800. The lowest BCUT2D eigenvalue weighted by molar-refractivity contribution is -0.150. The normalized spacial score (nSPS) is 29.6. The van der Waals surface area contributed by atoms with Crippen molar-refractivity contribution in [3.8, 4) is 0 Å². The van der Waals surface area contributed by atoms with E-state index >= 15 is 0 Å². The van der Waals surface area contributed by atoms with Crippen molar-refractivity contribution in [1.82, 2.24) is 0 Å². The quantitative estimate of drug-likeness (QED) is 0.715. The van der Waals surface area contributed by atoms with E-state index in [9.17, 15) is 0 Å². The first-order valence-electron chi connectivity index (χ1n) is 6.74. The van der Waals surface area contributed by atoms with Gasteiger partial charge in [0.2, 0.25) is 0 Å². The van der Waals surface area contributed by atoms with Crippen LogP contribution in [-0.2, 0) is 9.47 Å². The molecule has 2 heteroatoms. The van der Waals surface area contributed by atoms with Gasteiger partial charge in [-0.3, -0.25) is 0 Å². The van der Waals surface area contributed by atoms with Gasteiger partial charge in [0.15, 0.2) is 5.79 Å². The standard InChI is InChI=1S/C15H30O2/c1-13(2,3)9-11-12(10-14(4,5)6)17-15(7,8)16-11/h11-12H,9-10H2,1-8H3/t11-,12-/m1/s1. The van der Waals surface area contributed by atoms with Gasteiger partial charge in [-0.25, -0.2) is 0 Å². The number of rotatable bonds is 2. The van der Waals surface area contributed by atoms with Crippen LogP contribution in [0.2, 0.25) is 0 Å². The topological polar surface area (TPSA) is 18.5 Å². The van der Waals surface area contributed by atoms with Gasteiger partial charge in [-0.15, -0.1) is 0 Å². The van der Waals surface area contributed by atoms with E-state index in [2.05, 4.69) is 41.5 Å². The van der Waals surface area contributed by atoms with E-state index in [1.54, 1.807) is 0 Å². The zero-order valence-electron chi connectivity index (χ0n) is 12.9. The second-order valence-electron chi connectivity index (χ2n) is 8.24. The Kier molecular flexibility index (Phi) is 4.01. The molecule has 2 atom stereocenters. The van der Waals surface area contributed by atoms with E-state index in [1.165, 1.54) is 0 Å². The summed E-state index contributed by atoms with van der Waals surface area (Å²) in [6.45, 7) is 17.6. The molecule has 0 radical (unpaired) electrons. The maximum Gasteiger partial charge on any atom is 0.163 e. The molecule has 1 fully saturated rings. The van der Waals surface area contributed by atoms with E-state index in [-0.39, 0.29) is 23.0 Å². The van der Waals surface area contributed by atoms with Crippen LogP contribution in [0.3, 0.4) is 0 Å². The molecule has 0 aromatic carbocycles. The molecular weight excluding hydrogens is 212 g/mol. The maximum atomic E-state index is 6.06. The highest BCUT2D eigenvalue weighted by atomic mass is 16.7. The highest BCUT2D eigenvalue weighted by Gasteiger charge is 2.43. The van der Waals surface area contributed by atoms with Gasteiger partial charge in [-0.1, -0.05) is 41.5 Å². The van der Waals surface area contributed by atoms with E-state index in [0.717, 1.165) is 12.8 Å². The molecular formula is C15H30O2. The molecule has 17 heavy (non-hydrogen) atoms. The molecule has 1 aliphatic heterocycles. The van der Waals surface area contributed by atoms with Crippen LogP contribution in [-0.4, -0.2) is 18.0 Å². The van der Waals surface area contributed by atoms with E-state index in [1.807, 2.05) is 13.8 Å². The maximum absolute atomic E-state index is 6.06. The minimum absolute atomic E-state index is 0.226. The van der Waals surface area contributed by atoms with Crippen LogP contribution in [0.4, 0.5) is 0 Å². The lowest BCUT2D eigenvalue weighted by Crippen LogP contribution is -2.31. The third kappa shape index (κ3) is 5.39. The predicted octanol–water partition coefficient (Wildman–Crippen LogP) is 4.38. The molecule has 0 N–H and O–H groups in total. The van der Waals surface area contributed by atoms with Gasteiger partial charge < -0.3 is 9.47 Å². The molecule has 0 aromatic heterocycles. The van der Waals surface area contributed by atoms with Crippen molar-refractivity contribution < 1.29 is 9.47 Å². The molecule has 0 saturated carbocycles. The Morgan fingerprint density at radius 2 is 1.06 bits per heavy atom. The van der Waals surface area contributed by atoms with E-state index in [0.29, 0.717) is 0 Å². The summed E-state index contributed by atoms with van der Waals surface area (Å²) in [6, 6.07) is 0. The lowest BCUT2D eigenvalue weighted by Gasteiger charge is -2.29. The summed E-state index contributed by atoms with van der Waals surface area (Å²) in [5.74, 6) is -0.425. The Labute approximate surface area is 107 Å². The van der Waals surface area contributed by atoms with Crippen molar-refractivity contribution in [2.45, 2.75) is 86.2 Å².